The first-order valence-corrected chi connectivity index (χ1v) is 13.9. The number of rotatable bonds is 6. The van der Waals surface area contributed by atoms with Gasteiger partial charge in [-0.15, -0.1) is 0 Å². The minimum Gasteiger partial charge on any atom is -0.743 e. The van der Waals surface area contributed by atoms with Crippen molar-refractivity contribution in [3.63, 3.8) is 0 Å². The van der Waals surface area contributed by atoms with Crippen LogP contribution >= 0.6 is 0 Å². The number of aliphatic hydroxyl groups is 1. The Balaban J connectivity index is 0.000000389. The van der Waals surface area contributed by atoms with Crippen LogP contribution in [0.15, 0.2) is 48.5 Å². The topological polar surface area (TPSA) is 77.4 Å². The summed E-state index contributed by atoms with van der Waals surface area (Å²) in [5, 5.41) is 3.03. The van der Waals surface area contributed by atoms with Crippen LogP contribution in [-0.4, -0.2) is 36.1 Å². The maximum atomic E-state index is 12.2. The lowest BCUT2D eigenvalue weighted by Crippen LogP contribution is -3.61. The molecule has 0 aliphatic rings. The maximum absolute atomic E-state index is 12.2. The number of hydrogen-bond acceptors (Lipinski definition) is 4. The van der Waals surface area contributed by atoms with Crippen molar-refractivity contribution in [1.29, 1.82) is 0 Å². The van der Waals surface area contributed by atoms with Crippen LogP contribution in [0, 0.1) is 7.14 Å². The number of hydrogen-bond donors (Lipinski definition) is 1. The molecule has 0 saturated carbocycles. The van der Waals surface area contributed by atoms with Crippen molar-refractivity contribution in [2.75, 3.05) is 6.61 Å². The van der Waals surface area contributed by atoms with E-state index in [9.17, 15) is 26.1 Å². The number of benzene rings is 2. The number of halogens is 4. The molecule has 1 atom stereocenters. The van der Waals surface area contributed by atoms with E-state index in [0.29, 0.717) is 0 Å². The largest absolute Gasteiger partial charge is 0.743 e. The standard InChI is InChI=1S/C20H26I.C4H7F3O4S/c1-19(2,3)15-7-11-17(12-8-15)21-18-13-9-16(10-14-18)20(4,5)6;5-3(1-2-8)4(6,7)12(9,10)11/h7-14H,1-6H3;3,8H,1-2H2,(H,9,10,11)/q+1;/p-1. The van der Waals surface area contributed by atoms with Crippen LogP contribution < -0.4 is 21.2 Å². The van der Waals surface area contributed by atoms with Gasteiger partial charge < -0.3 is 9.66 Å². The van der Waals surface area contributed by atoms with E-state index in [0.717, 1.165) is 0 Å². The fourth-order valence-corrected chi connectivity index (χ4v) is 5.18. The van der Waals surface area contributed by atoms with Crippen molar-refractivity contribution in [2.45, 2.75) is 70.2 Å². The zero-order chi connectivity index (χ0) is 25.7. The summed E-state index contributed by atoms with van der Waals surface area (Å²) in [6.45, 7) is 12.6. The molecular formula is C24H32F3IO4S. The molecule has 0 aromatic heterocycles. The Hall–Kier alpha value is -1.17. The summed E-state index contributed by atoms with van der Waals surface area (Å²) in [5.41, 5.74) is 3.31. The molecule has 186 valence electrons. The molecule has 4 nitrogen and oxygen atoms in total. The van der Waals surface area contributed by atoms with E-state index in [-0.39, 0.29) is 32.0 Å². The molecule has 0 heterocycles. The van der Waals surface area contributed by atoms with Crippen LogP contribution in [0.25, 0.3) is 0 Å². The molecule has 0 fully saturated rings. The molecule has 0 saturated heterocycles. The van der Waals surface area contributed by atoms with Crippen molar-refractivity contribution in [2.24, 2.45) is 0 Å². The first-order chi connectivity index (χ1) is 14.9. The van der Waals surface area contributed by atoms with Gasteiger partial charge in [0.05, 0.1) is 0 Å². The monoisotopic (exact) mass is 600 g/mol. The fourth-order valence-electron chi connectivity index (χ4n) is 2.59. The smallest absolute Gasteiger partial charge is 0.364 e. The Morgan fingerprint density at radius 1 is 0.848 bits per heavy atom. The lowest BCUT2D eigenvalue weighted by atomic mass is 9.87. The van der Waals surface area contributed by atoms with Gasteiger partial charge in [-0.1, -0.05) is 65.8 Å². The Morgan fingerprint density at radius 2 is 1.18 bits per heavy atom. The Kier molecular flexibility index (Phi) is 10.4. The number of alkyl halides is 3. The predicted octanol–water partition coefficient (Wildman–Crippen LogP) is 2.25. The van der Waals surface area contributed by atoms with Crippen LogP contribution in [0.4, 0.5) is 13.2 Å². The van der Waals surface area contributed by atoms with E-state index < -0.39 is 34.6 Å². The molecule has 1 unspecified atom stereocenters. The van der Waals surface area contributed by atoms with E-state index >= 15 is 0 Å². The first kappa shape index (κ1) is 29.9. The Labute approximate surface area is 205 Å². The average Bonchev–Trinajstić information content (AvgIpc) is 2.67. The van der Waals surface area contributed by atoms with Crippen LogP contribution in [0.1, 0.15) is 59.1 Å². The van der Waals surface area contributed by atoms with Gasteiger partial charge >= 0.3 is 26.5 Å². The van der Waals surface area contributed by atoms with E-state index in [1.165, 1.54) is 18.3 Å². The minimum absolute atomic E-state index is 0.0703. The molecule has 0 aliphatic carbocycles. The van der Waals surface area contributed by atoms with Crippen molar-refractivity contribution in [3.8, 4) is 0 Å². The highest BCUT2D eigenvalue weighted by Crippen LogP contribution is 2.29. The summed E-state index contributed by atoms with van der Waals surface area (Å²) in [5.74, 6) is 0. The molecule has 0 bridgehead atoms. The summed E-state index contributed by atoms with van der Waals surface area (Å²) in [6, 6.07) is 18.4. The molecule has 2 rings (SSSR count). The fraction of sp³-hybridized carbons (Fsp3) is 0.500. The Bertz CT molecular complexity index is 923. The van der Waals surface area contributed by atoms with Gasteiger partial charge in [0, 0.05) is 13.0 Å². The maximum Gasteiger partial charge on any atom is 0.364 e. The van der Waals surface area contributed by atoms with Crippen molar-refractivity contribution in [1.82, 2.24) is 0 Å². The molecule has 0 radical (unpaired) electrons. The van der Waals surface area contributed by atoms with Crippen molar-refractivity contribution >= 4 is 10.1 Å². The molecule has 9 heteroatoms. The van der Waals surface area contributed by atoms with Crippen LogP contribution in [-0.2, 0) is 20.9 Å². The number of aliphatic hydroxyl groups excluding tert-OH is 1. The third-order valence-electron chi connectivity index (χ3n) is 4.72. The lowest BCUT2D eigenvalue weighted by Gasteiger charge is -2.22. The summed E-state index contributed by atoms with van der Waals surface area (Å²) < 4.78 is 68.6. The molecule has 0 amide bonds. The predicted molar refractivity (Wildman–Crippen MR) is 119 cm³/mol. The third-order valence-corrected chi connectivity index (χ3v) is 8.33. The molecule has 1 N–H and O–H groups in total. The van der Waals surface area contributed by atoms with Gasteiger partial charge in [-0.25, -0.2) is 12.8 Å². The van der Waals surface area contributed by atoms with E-state index in [1.54, 1.807) is 0 Å². The van der Waals surface area contributed by atoms with Crippen LogP contribution in [0.2, 0.25) is 0 Å². The van der Waals surface area contributed by atoms with E-state index in [1.807, 2.05) is 0 Å². The molecule has 33 heavy (non-hydrogen) atoms. The molecule has 0 spiro atoms. The summed E-state index contributed by atoms with van der Waals surface area (Å²) in [6.07, 6.45) is -4.25. The van der Waals surface area contributed by atoms with Crippen molar-refractivity contribution in [3.05, 3.63) is 66.8 Å². The highest BCUT2D eigenvalue weighted by molar-refractivity contribution is 7.86. The summed E-state index contributed by atoms with van der Waals surface area (Å²) >= 11 is -0.0703. The van der Waals surface area contributed by atoms with Crippen LogP contribution in [0.5, 0.6) is 0 Å². The zero-order valence-corrected chi connectivity index (χ0v) is 22.7. The Morgan fingerprint density at radius 3 is 1.42 bits per heavy atom. The summed E-state index contributed by atoms with van der Waals surface area (Å²) in [4.78, 5) is 0. The van der Waals surface area contributed by atoms with E-state index in [2.05, 4.69) is 90.1 Å². The average molecular weight is 600 g/mol. The van der Waals surface area contributed by atoms with Gasteiger partial charge in [0.25, 0.3) is 0 Å². The van der Waals surface area contributed by atoms with Crippen LogP contribution in [0.3, 0.4) is 0 Å². The highest BCUT2D eigenvalue weighted by atomic mass is 127. The van der Waals surface area contributed by atoms with E-state index in [4.69, 9.17) is 5.11 Å². The zero-order valence-electron chi connectivity index (χ0n) is 19.7. The SMILES string of the molecule is CC(C)(C)c1ccc([I+]c2ccc(C(C)(C)C)cc2)cc1.O=S(=O)([O-])C(F)(F)C(F)CCO. The van der Waals surface area contributed by atoms with Gasteiger partial charge in [-0.05, 0) is 46.2 Å². The second-order valence-corrected chi connectivity index (χ2v) is 14.1. The molecule has 2 aromatic rings. The third kappa shape index (κ3) is 9.18. The normalized spacial score (nSPS) is 13.8. The highest BCUT2D eigenvalue weighted by Gasteiger charge is 2.46. The lowest BCUT2D eigenvalue weighted by molar-refractivity contribution is -0.597. The molecular weight excluding hydrogens is 568 g/mol. The quantitative estimate of drug-likeness (QED) is 0.408. The van der Waals surface area contributed by atoms with Gasteiger partial charge in [0.2, 0.25) is 0 Å². The second-order valence-electron chi connectivity index (χ2n) is 9.60. The van der Waals surface area contributed by atoms with Gasteiger partial charge in [-0.2, -0.15) is 8.78 Å². The first-order valence-electron chi connectivity index (χ1n) is 10.3. The van der Waals surface area contributed by atoms with Gasteiger partial charge in [0.1, 0.15) is 0 Å². The second kappa shape index (κ2) is 11.5. The summed E-state index contributed by atoms with van der Waals surface area (Å²) in [7, 11) is -5.99. The molecule has 0 aliphatic heterocycles. The van der Waals surface area contributed by atoms with Gasteiger partial charge in [-0.3, -0.25) is 0 Å². The van der Waals surface area contributed by atoms with Gasteiger partial charge in [0.15, 0.2) is 23.4 Å². The minimum atomic E-state index is -5.99. The van der Waals surface area contributed by atoms with Crippen molar-refractivity contribution < 1.29 is 52.5 Å². The molecule has 2 aromatic carbocycles.